The minimum Gasteiger partial charge on any atom is -0.506 e. The summed E-state index contributed by atoms with van der Waals surface area (Å²) in [6.07, 6.45) is 0.896. The number of aliphatic imine (C=N–C) groups is 1. The maximum atomic E-state index is 12.8. The van der Waals surface area contributed by atoms with E-state index in [2.05, 4.69) is 15.1 Å². The first-order valence-corrected chi connectivity index (χ1v) is 9.52. The summed E-state index contributed by atoms with van der Waals surface area (Å²) in [5, 5.41) is 15.5. The Hall–Kier alpha value is -2.88. The summed E-state index contributed by atoms with van der Waals surface area (Å²) in [6.45, 7) is 0.916. The van der Waals surface area contributed by atoms with Gasteiger partial charge in [-0.25, -0.2) is 23.7 Å². The second-order valence-electron chi connectivity index (χ2n) is 7.49. The molecule has 2 aromatic heterocycles. The fourth-order valence-corrected chi connectivity index (χ4v) is 3.67. The van der Waals surface area contributed by atoms with E-state index in [1.807, 2.05) is 20.2 Å². The van der Waals surface area contributed by atoms with Crippen molar-refractivity contribution in [1.82, 2.24) is 29.4 Å². The molecule has 1 aliphatic heterocycles. The van der Waals surface area contributed by atoms with E-state index >= 15 is 0 Å². The maximum Gasteiger partial charge on any atom is 0.254 e. The number of fused-ring (bicyclic) bond motifs is 3. The molecule has 0 spiro atoms. The molecule has 0 saturated carbocycles. The van der Waals surface area contributed by atoms with Gasteiger partial charge in [-0.3, -0.25) is 4.90 Å². The van der Waals surface area contributed by atoms with Crippen molar-refractivity contribution < 1.29 is 13.9 Å². The topological polar surface area (TPSA) is 82.1 Å². The third-order valence-corrected chi connectivity index (χ3v) is 4.95. The summed E-state index contributed by atoms with van der Waals surface area (Å²) in [4.78, 5) is 17.1. The number of likely N-dealkylation sites (tertiary alicyclic amines) is 1. The van der Waals surface area contributed by atoms with E-state index < -0.39 is 6.43 Å². The van der Waals surface area contributed by atoms with E-state index in [4.69, 9.17) is 4.98 Å². The van der Waals surface area contributed by atoms with E-state index in [1.54, 1.807) is 32.8 Å². The average molecular weight is 403 g/mol. The van der Waals surface area contributed by atoms with E-state index in [0.29, 0.717) is 41.4 Å². The number of hydrogen-bond acceptors (Lipinski definition) is 6. The van der Waals surface area contributed by atoms with E-state index in [1.165, 1.54) is 0 Å². The van der Waals surface area contributed by atoms with Crippen LogP contribution in [0.2, 0.25) is 0 Å². The Kier molecular flexibility index (Phi) is 5.27. The van der Waals surface area contributed by atoms with Crippen LogP contribution in [0.5, 0.6) is 5.75 Å². The zero-order chi connectivity index (χ0) is 20.5. The lowest BCUT2D eigenvalue weighted by Gasteiger charge is -2.30. The van der Waals surface area contributed by atoms with Crippen molar-refractivity contribution >= 4 is 28.8 Å². The molecule has 1 N–H and O–H groups in total. The highest BCUT2D eigenvalue weighted by Crippen LogP contribution is 2.31. The molecule has 0 aliphatic carbocycles. The molecular formula is C19H23F2N7O. The largest absolute Gasteiger partial charge is 0.506 e. The SMILES string of the molecule is CN(C)/C=N\c1nc2c(O)cccc2c2nc([C@@H]3CCCN(CC(F)F)C3)nn12. The fraction of sp³-hybridized carbons (Fsp3) is 0.474. The first-order chi connectivity index (χ1) is 13.9. The first kappa shape index (κ1) is 19.4. The lowest BCUT2D eigenvalue weighted by atomic mass is 9.97. The molecule has 1 aliphatic rings. The van der Waals surface area contributed by atoms with Crippen LogP contribution >= 0.6 is 0 Å². The highest BCUT2D eigenvalue weighted by molar-refractivity contribution is 5.95. The summed E-state index contributed by atoms with van der Waals surface area (Å²) < 4.78 is 27.2. The van der Waals surface area contributed by atoms with Crippen LogP contribution in [0, 0.1) is 0 Å². The Balaban J connectivity index is 1.80. The number of rotatable bonds is 5. The number of halogens is 2. The van der Waals surface area contributed by atoms with Gasteiger partial charge in [0.25, 0.3) is 12.4 Å². The summed E-state index contributed by atoms with van der Waals surface area (Å²) in [7, 11) is 3.68. The van der Waals surface area contributed by atoms with Crippen molar-refractivity contribution in [3.05, 3.63) is 24.0 Å². The van der Waals surface area contributed by atoms with Gasteiger partial charge in [0.05, 0.1) is 12.9 Å². The monoisotopic (exact) mass is 403 g/mol. The second-order valence-corrected chi connectivity index (χ2v) is 7.49. The molecule has 0 bridgehead atoms. The number of phenolic OH excluding ortho intramolecular Hbond substituents is 1. The summed E-state index contributed by atoms with van der Waals surface area (Å²) in [5.74, 6) is 0.877. The Morgan fingerprint density at radius 2 is 2.17 bits per heavy atom. The molecule has 1 aromatic carbocycles. The normalized spacial score (nSPS) is 18.4. The van der Waals surface area contributed by atoms with Crippen LogP contribution in [0.25, 0.3) is 16.6 Å². The van der Waals surface area contributed by atoms with Gasteiger partial charge in [-0.1, -0.05) is 6.07 Å². The van der Waals surface area contributed by atoms with Crippen LogP contribution in [0.3, 0.4) is 0 Å². The summed E-state index contributed by atoms with van der Waals surface area (Å²) in [5.41, 5.74) is 0.936. The van der Waals surface area contributed by atoms with E-state index in [9.17, 15) is 13.9 Å². The average Bonchev–Trinajstić information content (AvgIpc) is 3.12. The second kappa shape index (κ2) is 7.86. The Morgan fingerprint density at radius 1 is 1.34 bits per heavy atom. The van der Waals surface area contributed by atoms with Gasteiger partial charge in [0.1, 0.15) is 11.3 Å². The number of hydrogen-bond donors (Lipinski definition) is 1. The standard InChI is InChI=1S/C19H23F2N7O/c1-26(2)11-22-19-23-16-13(6-3-7-14(16)29)18-24-17(25-28(18)19)12-5-4-8-27(9-12)10-15(20)21/h3,6-7,11-12,15,29H,4-5,8-10H2,1-2H3/b22-11-/t12-/m1/s1. The van der Waals surface area contributed by atoms with Gasteiger partial charge in [-0.05, 0) is 31.5 Å². The van der Waals surface area contributed by atoms with Crippen molar-refractivity contribution in [1.29, 1.82) is 0 Å². The maximum absolute atomic E-state index is 12.8. The molecular weight excluding hydrogens is 380 g/mol. The number of para-hydroxylation sites is 1. The Labute approximate surface area is 166 Å². The third-order valence-electron chi connectivity index (χ3n) is 4.95. The predicted octanol–water partition coefficient (Wildman–Crippen LogP) is 2.65. The fourth-order valence-electron chi connectivity index (χ4n) is 3.67. The van der Waals surface area contributed by atoms with Crippen molar-refractivity contribution in [3.63, 3.8) is 0 Å². The minimum atomic E-state index is -2.36. The Bertz CT molecular complexity index is 1050. The van der Waals surface area contributed by atoms with Crippen LogP contribution in [0.15, 0.2) is 23.2 Å². The molecule has 3 aromatic rings. The van der Waals surface area contributed by atoms with Gasteiger partial charge in [0.2, 0.25) is 0 Å². The molecule has 4 rings (SSSR count). The number of phenols is 1. The summed E-state index contributed by atoms with van der Waals surface area (Å²) in [6, 6.07) is 5.10. The molecule has 1 saturated heterocycles. The first-order valence-electron chi connectivity index (χ1n) is 9.52. The minimum absolute atomic E-state index is 0.0385. The van der Waals surface area contributed by atoms with Crippen LogP contribution < -0.4 is 0 Å². The van der Waals surface area contributed by atoms with E-state index in [-0.39, 0.29) is 18.2 Å². The summed E-state index contributed by atoms with van der Waals surface area (Å²) >= 11 is 0. The van der Waals surface area contributed by atoms with Gasteiger partial charge < -0.3 is 10.0 Å². The number of nitrogens with zero attached hydrogens (tertiary/aromatic N) is 7. The van der Waals surface area contributed by atoms with Crippen molar-refractivity contribution in [3.8, 4) is 5.75 Å². The molecule has 1 fully saturated rings. The molecule has 0 radical (unpaired) electrons. The smallest absolute Gasteiger partial charge is 0.254 e. The van der Waals surface area contributed by atoms with Gasteiger partial charge >= 0.3 is 0 Å². The molecule has 0 unspecified atom stereocenters. The quantitative estimate of drug-likeness (QED) is 0.521. The third kappa shape index (κ3) is 3.98. The highest BCUT2D eigenvalue weighted by Gasteiger charge is 2.27. The highest BCUT2D eigenvalue weighted by atomic mass is 19.3. The van der Waals surface area contributed by atoms with Gasteiger partial charge in [-0.2, -0.15) is 4.52 Å². The zero-order valence-corrected chi connectivity index (χ0v) is 16.3. The molecule has 154 valence electrons. The number of aromatic hydroxyl groups is 1. The van der Waals surface area contributed by atoms with Gasteiger partial charge in [0, 0.05) is 31.9 Å². The lowest BCUT2D eigenvalue weighted by Crippen LogP contribution is -2.37. The van der Waals surface area contributed by atoms with Crippen molar-refractivity contribution in [2.75, 3.05) is 33.7 Å². The van der Waals surface area contributed by atoms with E-state index in [0.717, 1.165) is 12.8 Å². The number of benzene rings is 1. The van der Waals surface area contributed by atoms with Crippen molar-refractivity contribution in [2.45, 2.75) is 25.2 Å². The molecule has 10 heteroatoms. The zero-order valence-electron chi connectivity index (χ0n) is 16.3. The van der Waals surface area contributed by atoms with Crippen LogP contribution in [-0.2, 0) is 0 Å². The van der Waals surface area contributed by atoms with Crippen LogP contribution in [0.1, 0.15) is 24.6 Å². The molecule has 1 atom stereocenters. The molecule has 3 heterocycles. The predicted molar refractivity (Wildman–Crippen MR) is 106 cm³/mol. The lowest BCUT2D eigenvalue weighted by molar-refractivity contribution is 0.0731. The van der Waals surface area contributed by atoms with Crippen LogP contribution in [-0.4, -0.2) is 81.0 Å². The van der Waals surface area contributed by atoms with Gasteiger partial charge in [-0.15, -0.1) is 5.10 Å². The number of aromatic nitrogens is 4. The molecule has 0 amide bonds. The number of piperidine rings is 1. The molecule has 29 heavy (non-hydrogen) atoms. The van der Waals surface area contributed by atoms with Crippen LogP contribution in [0.4, 0.5) is 14.7 Å². The van der Waals surface area contributed by atoms with Crippen molar-refractivity contribution in [2.24, 2.45) is 4.99 Å². The molecule has 8 nitrogen and oxygen atoms in total. The Morgan fingerprint density at radius 3 is 2.93 bits per heavy atom. The van der Waals surface area contributed by atoms with Gasteiger partial charge in [0.15, 0.2) is 11.5 Å². The number of alkyl halides is 2.